The molecule has 0 spiro atoms. The smallest absolute Gasteiger partial charge is 0.121 e. The summed E-state index contributed by atoms with van der Waals surface area (Å²) in [5, 5.41) is 4.61. The first-order valence-electron chi connectivity index (χ1n) is 22.1. The normalized spacial score (nSPS) is 16.9. The minimum Gasteiger partial charge on any atom is -0.501 e. The summed E-state index contributed by atoms with van der Waals surface area (Å²) < 4.78 is 54.1. The Morgan fingerprint density at radius 3 is 2.36 bits per heavy atom. The molecule has 1 saturated carbocycles. The van der Waals surface area contributed by atoms with E-state index in [-0.39, 0.29) is 25.7 Å². The van der Waals surface area contributed by atoms with E-state index in [9.17, 15) is 0 Å². The molecule has 8 aromatic rings. The predicted octanol–water partition coefficient (Wildman–Crippen LogP) is 14.4. The number of benzene rings is 5. The second-order valence-electron chi connectivity index (χ2n) is 16.4. The SMILES string of the molecule is [2H]C([2H])([2H])c1c[c-]c(-c2ccc(C([2H])([2H])C(C)(C)C)cn2)cc1.[2H]C1(c2ccc(-c3ccnc(-c4[c-]ccc5c4oc4ccc6ccccc6c45)c3)cc2)CCC(C)(C)CC1.[Ir]. The average Bonchev–Trinajstić information content (AvgIpc) is 3.64. The van der Waals surface area contributed by atoms with Gasteiger partial charge in [-0.15, -0.1) is 53.6 Å². The van der Waals surface area contributed by atoms with Gasteiger partial charge in [0.1, 0.15) is 5.58 Å². The fourth-order valence-electron chi connectivity index (χ4n) is 7.51. The van der Waals surface area contributed by atoms with Crippen LogP contribution in [0.4, 0.5) is 0 Å². The van der Waals surface area contributed by atoms with Crippen molar-refractivity contribution < 1.29 is 32.7 Å². The molecule has 0 amide bonds. The van der Waals surface area contributed by atoms with Crippen LogP contribution in [-0.2, 0) is 26.5 Å². The summed E-state index contributed by atoms with van der Waals surface area (Å²) in [4.78, 5) is 9.02. The number of nitrogens with zero attached hydrogens (tertiary/aromatic N) is 2. The van der Waals surface area contributed by atoms with Crippen molar-refractivity contribution in [2.45, 2.75) is 79.4 Å². The zero-order valence-corrected chi connectivity index (χ0v) is 35.0. The van der Waals surface area contributed by atoms with Crippen LogP contribution in [0.15, 0.2) is 132 Å². The van der Waals surface area contributed by atoms with Gasteiger partial charge in [0.15, 0.2) is 0 Å². The summed E-state index contributed by atoms with van der Waals surface area (Å²) in [7, 11) is 0. The number of furan rings is 1. The predicted molar refractivity (Wildman–Crippen MR) is 230 cm³/mol. The second kappa shape index (κ2) is 16.3. The molecule has 1 aliphatic rings. The molecule has 5 aromatic carbocycles. The fraction of sp³-hybridized carbons (Fsp3) is 0.269. The van der Waals surface area contributed by atoms with Crippen molar-refractivity contribution in [1.29, 1.82) is 0 Å². The van der Waals surface area contributed by atoms with E-state index in [2.05, 4.69) is 104 Å². The van der Waals surface area contributed by atoms with Gasteiger partial charge in [-0.05, 0) is 105 Å². The minimum absolute atomic E-state index is 0. The van der Waals surface area contributed by atoms with Crippen molar-refractivity contribution in [3.05, 3.63) is 156 Å². The molecular formula is C52H50IrN2O-2. The van der Waals surface area contributed by atoms with Crippen molar-refractivity contribution in [2.24, 2.45) is 10.8 Å². The molecule has 0 bridgehead atoms. The Labute approximate surface area is 354 Å². The molecule has 0 unspecified atom stereocenters. The molecule has 3 nitrogen and oxygen atoms in total. The van der Waals surface area contributed by atoms with Crippen molar-refractivity contribution in [1.82, 2.24) is 9.97 Å². The van der Waals surface area contributed by atoms with Crippen molar-refractivity contribution >= 4 is 32.7 Å². The van der Waals surface area contributed by atoms with Crippen molar-refractivity contribution in [3.8, 4) is 33.6 Å². The first-order valence-corrected chi connectivity index (χ1v) is 19.1. The van der Waals surface area contributed by atoms with Gasteiger partial charge in [-0.3, -0.25) is 0 Å². The van der Waals surface area contributed by atoms with Gasteiger partial charge in [0.05, 0.1) is 5.58 Å². The molecule has 1 aliphatic carbocycles. The molecule has 0 saturated heterocycles. The zero-order valence-electron chi connectivity index (χ0n) is 38.6. The van der Waals surface area contributed by atoms with Crippen LogP contribution in [-0.4, -0.2) is 9.97 Å². The average molecular weight is 917 g/mol. The van der Waals surface area contributed by atoms with E-state index in [4.69, 9.17) is 17.6 Å². The van der Waals surface area contributed by atoms with E-state index in [1.54, 1.807) is 24.3 Å². The van der Waals surface area contributed by atoms with Gasteiger partial charge < -0.3 is 14.4 Å². The summed E-state index contributed by atoms with van der Waals surface area (Å²) in [6.07, 6.45) is 5.95. The third kappa shape index (κ3) is 8.73. The van der Waals surface area contributed by atoms with Crippen LogP contribution in [0.5, 0.6) is 0 Å². The number of pyridine rings is 2. The van der Waals surface area contributed by atoms with E-state index in [1.807, 2.05) is 39.1 Å². The molecule has 0 aliphatic heterocycles. The first kappa shape index (κ1) is 32.2. The molecule has 0 atom stereocenters. The van der Waals surface area contributed by atoms with Crippen molar-refractivity contribution in [3.63, 3.8) is 0 Å². The fourth-order valence-corrected chi connectivity index (χ4v) is 7.51. The van der Waals surface area contributed by atoms with Crippen molar-refractivity contribution in [2.75, 3.05) is 0 Å². The Kier molecular flexibility index (Phi) is 9.38. The Balaban J connectivity index is 0.000000208. The number of hydrogen-bond acceptors (Lipinski definition) is 3. The minimum atomic E-state index is -2.14. The van der Waals surface area contributed by atoms with Crippen LogP contribution in [0.3, 0.4) is 0 Å². The number of fused-ring (bicyclic) bond motifs is 5. The van der Waals surface area contributed by atoms with E-state index < -0.39 is 24.5 Å². The molecule has 3 heterocycles. The van der Waals surface area contributed by atoms with E-state index >= 15 is 0 Å². The first-order chi connectivity index (χ1) is 28.8. The van der Waals surface area contributed by atoms with E-state index in [0.717, 1.165) is 75.6 Å². The number of rotatable bonds is 5. The molecule has 1 radical (unpaired) electrons. The largest absolute Gasteiger partial charge is 0.501 e. The van der Waals surface area contributed by atoms with Crippen LogP contribution in [0, 0.1) is 29.8 Å². The van der Waals surface area contributed by atoms with E-state index in [0.29, 0.717) is 22.2 Å². The van der Waals surface area contributed by atoms with Gasteiger partial charge in [-0.25, -0.2) is 0 Å². The Morgan fingerprint density at radius 2 is 1.64 bits per heavy atom. The number of hydrogen-bond donors (Lipinski definition) is 0. The molecule has 285 valence electrons. The van der Waals surface area contributed by atoms with Gasteiger partial charge in [-0.2, -0.15) is 0 Å². The monoisotopic (exact) mass is 917 g/mol. The quantitative estimate of drug-likeness (QED) is 0.162. The van der Waals surface area contributed by atoms with Crippen LogP contribution in [0.1, 0.15) is 91.1 Å². The standard InChI is InChI=1S/C35H30NO.C17H20N.Ir/c1-35(2)19-16-25(17-20-35)23-10-12-24(13-11-23)27-18-21-36-31(22-27)29-8-5-9-30-33-28-7-4-3-6-26(28)14-15-32(33)37-34(29)30;1-13-5-8-15(9-6-13)16-10-7-14(12-18-16)11-17(2,3)4;/h3-7,9-15,18,21-22,25H,16-17,19-20H2,1-2H3;5-8,10,12H,11H2,1-4H3;/q2*-1;/i25D;1D3,11D2;. The summed E-state index contributed by atoms with van der Waals surface area (Å²) >= 11 is 0. The van der Waals surface area contributed by atoms with Crippen LogP contribution >= 0.6 is 0 Å². The number of aromatic nitrogens is 2. The third-order valence-corrected chi connectivity index (χ3v) is 10.5. The summed E-state index contributed by atoms with van der Waals surface area (Å²) in [6.45, 7) is 8.05. The molecule has 3 aromatic heterocycles. The maximum atomic E-state index is 9.11. The van der Waals surface area contributed by atoms with Crippen LogP contribution in [0.2, 0.25) is 0 Å². The maximum Gasteiger partial charge on any atom is 0.121 e. The summed E-state index contributed by atoms with van der Waals surface area (Å²) in [6, 6.07) is 43.9. The van der Waals surface area contributed by atoms with E-state index in [1.165, 1.54) is 23.0 Å². The molecule has 56 heavy (non-hydrogen) atoms. The topological polar surface area (TPSA) is 38.9 Å². The van der Waals surface area contributed by atoms with Gasteiger partial charge in [0.2, 0.25) is 0 Å². The van der Waals surface area contributed by atoms with Gasteiger partial charge in [0.25, 0.3) is 0 Å². The Hall–Kier alpha value is -4.89. The molecule has 9 rings (SSSR count). The maximum absolute atomic E-state index is 9.11. The molecular weight excluding hydrogens is 861 g/mol. The number of aryl methyl sites for hydroxylation is 1. The summed E-state index contributed by atoms with van der Waals surface area (Å²) in [5.74, 6) is -0.479. The zero-order chi connectivity index (χ0) is 43.4. The van der Waals surface area contributed by atoms with Crippen LogP contribution < -0.4 is 0 Å². The molecule has 4 heteroatoms. The molecule has 0 N–H and O–H groups in total. The third-order valence-electron chi connectivity index (χ3n) is 10.5. The Bertz CT molecular complexity index is 2830. The van der Waals surface area contributed by atoms with Gasteiger partial charge in [0, 0.05) is 46.1 Å². The Morgan fingerprint density at radius 1 is 0.839 bits per heavy atom. The second-order valence-corrected chi connectivity index (χ2v) is 16.4. The van der Waals surface area contributed by atoms with Gasteiger partial charge >= 0.3 is 0 Å². The van der Waals surface area contributed by atoms with Crippen LogP contribution in [0.25, 0.3) is 66.4 Å². The van der Waals surface area contributed by atoms with Gasteiger partial charge in [-0.1, -0.05) is 125 Å². The summed E-state index contributed by atoms with van der Waals surface area (Å²) in [5.41, 5.74) is 8.64. The molecule has 1 fully saturated rings.